The van der Waals surface area contributed by atoms with Crippen molar-refractivity contribution in [3.8, 4) is 5.88 Å². The number of carbonyl (C=O) groups is 2. The number of rotatable bonds is 10. The van der Waals surface area contributed by atoms with Crippen molar-refractivity contribution in [1.29, 1.82) is 0 Å². The van der Waals surface area contributed by atoms with Crippen LogP contribution in [0.3, 0.4) is 0 Å². The van der Waals surface area contributed by atoms with E-state index in [4.69, 9.17) is 0 Å². The van der Waals surface area contributed by atoms with Gasteiger partial charge in [0.25, 0.3) is 11.8 Å². The molecule has 3 N–H and O–H groups in total. The summed E-state index contributed by atoms with van der Waals surface area (Å²) >= 11 is 1.26. The predicted octanol–water partition coefficient (Wildman–Crippen LogP) is 4.22. The highest BCUT2D eigenvalue weighted by Gasteiger charge is 2.56. The molecule has 17 heteroatoms. The Morgan fingerprint density at radius 3 is 2.74 bits per heavy atom. The molecule has 42 heavy (non-hydrogen) atoms. The van der Waals surface area contributed by atoms with E-state index in [1.165, 1.54) is 35.5 Å². The van der Waals surface area contributed by atoms with E-state index in [0.717, 1.165) is 4.88 Å². The molecule has 11 nitrogen and oxygen atoms in total. The number of alkyl halides is 5. The molecule has 0 spiro atoms. The van der Waals surface area contributed by atoms with E-state index in [1.807, 2.05) is 0 Å². The highest BCUT2D eigenvalue weighted by Crippen LogP contribution is 2.48. The third kappa shape index (κ3) is 5.65. The molecule has 6 rings (SSSR count). The van der Waals surface area contributed by atoms with Crippen molar-refractivity contribution in [2.45, 2.75) is 63.3 Å². The lowest BCUT2D eigenvalue weighted by Crippen LogP contribution is -2.36. The lowest BCUT2D eigenvalue weighted by molar-refractivity contribution is -0.124. The molecule has 0 radical (unpaired) electrons. The summed E-state index contributed by atoms with van der Waals surface area (Å²) in [5.74, 6) is -4.81. The zero-order valence-electron chi connectivity index (χ0n) is 22.3. The van der Waals surface area contributed by atoms with Gasteiger partial charge in [-0.15, -0.1) is 26.6 Å². The van der Waals surface area contributed by atoms with Gasteiger partial charge < -0.3 is 20.7 Å². The van der Waals surface area contributed by atoms with Gasteiger partial charge in [-0.3, -0.25) is 14.2 Å². The molecule has 2 atom stereocenters. The van der Waals surface area contributed by atoms with E-state index in [9.17, 15) is 31.5 Å². The number of carbonyl (C=O) groups excluding carboxylic acids is 2. The topological polar surface area (TPSA) is 128 Å². The molecule has 0 aliphatic heterocycles. The van der Waals surface area contributed by atoms with E-state index in [1.54, 1.807) is 4.57 Å². The Bertz CT molecular complexity index is 1500. The summed E-state index contributed by atoms with van der Waals surface area (Å²) in [5.41, 5.74) is 0.896. The van der Waals surface area contributed by atoms with Crippen molar-refractivity contribution < 1.29 is 36.3 Å². The molecule has 226 valence electrons. The first-order valence-electron chi connectivity index (χ1n) is 13.4. The number of fused-ring (bicyclic) bond motifs is 1. The Hall–Kier alpha value is -3.76. The van der Waals surface area contributed by atoms with Gasteiger partial charge in [-0.2, -0.15) is 8.78 Å². The predicted molar refractivity (Wildman–Crippen MR) is 140 cm³/mol. The molecule has 2 fully saturated rings. The van der Waals surface area contributed by atoms with Crippen molar-refractivity contribution in [2.75, 3.05) is 17.2 Å². The number of aryl methyl sites for hydroxylation is 2. The summed E-state index contributed by atoms with van der Waals surface area (Å²) in [5, 5.41) is 20.7. The number of amides is 2. The maximum atomic E-state index is 13.5. The number of thiophene rings is 1. The Morgan fingerprint density at radius 2 is 2.05 bits per heavy atom. The summed E-state index contributed by atoms with van der Waals surface area (Å²) in [6, 6.07) is 1.05. The normalized spacial score (nSPS) is 24.1. The maximum absolute atomic E-state index is 13.5. The van der Waals surface area contributed by atoms with E-state index < -0.39 is 36.4 Å². The third-order valence-corrected chi connectivity index (χ3v) is 9.10. The average molecular weight is 615 g/mol. The summed E-state index contributed by atoms with van der Waals surface area (Å²) in [7, 11) is 1.54. The molecule has 0 bridgehead atoms. The van der Waals surface area contributed by atoms with Crippen molar-refractivity contribution in [3.63, 3.8) is 0 Å². The Kier molecular flexibility index (Phi) is 7.31. The van der Waals surface area contributed by atoms with Crippen LogP contribution in [-0.2, 0) is 24.7 Å². The smallest absolute Gasteiger partial charge is 0.388 e. The first kappa shape index (κ1) is 28.4. The summed E-state index contributed by atoms with van der Waals surface area (Å²) in [6.45, 7) is -3.23. The molecule has 3 heterocycles. The van der Waals surface area contributed by atoms with Crippen molar-refractivity contribution in [2.24, 2.45) is 18.9 Å². The molecule has 3 aliphatic rings. The van der Waals surface area contributed by atoms with Crippen LogP contribution in [0, 0.1) is 11.8 Å². The minimum absolute atomic E-state index is 0.118. The standard InChI is InChI=1S/C25H27F5N8O3S/c1-37-17(7-18(36-37)41-23(27)28)33-24-35-32-10-38(24)14-2-3-16-15(6-14)19(21(40)31-9-12-8-25(12,29)30)22(42-16)34-20(39)11-4-13(26)5-11/h7,10-14,23H,2-6,8-9H2,1H3,(H,31,40)(H,33,35)(H,34,39)/t11-,12-,13-,14-/m0/s1. The van der Waals surface area contributed by atoms with E-state index in [-0.39, 0.29) is 49.2 Å². The van der Waals surface area contributed by atoms with E-state index >= 15 is 0 Å². The van der Waals surface area contributed by atoms with Gasteiger partial charge in [-0.1, -0.05) is 0 Å². The third-order valence-electron chi connectivity index (χ3n) is 7.89. The highest BCUT2D eigenvalue weighted by atomic mass is 32.1. The fourth-order valence-electron chi connectivity index (χ4n) is 5.32. The van der Waals surface area contributed by atoms with Crippen molar-refractivity contribution in [1.82, 2.24) is 29.9 Å². The quantitative estimate of drug-likeness (QED) is 0.292. The van der Waals surface area contributed by atoms with Crippen LogP contribution < -0.4 is 20.7 Å². The van der Waals surface area contributed by atoms with Gasteiger partial charge in [0.2, 0.25) is 17.7 Å². The van der Waals surface area contributed by atoms with Crippen LogP contribution in [0.15, 0.2) is 12.4 Å². The lowest BCUT2D eigenvalue weighted by Gasteiger charge is -2.28. The number of nitrogens with one attached hydrogen (secondary N) is 3. The van der Waals surface area contributed by atoms with Gasteiger partial charge in [-0.25, -0.2) is 17.9 Å². The first-order chi connectivity index (χ1) is 20.0. The van der Waals surface area contributed by atoms with Crippen LogP contribution in [-0.4, -0.2) is 61.6 Å². The zero-order chi connectivity index (χ0) is 29.8. The molecular formula is C25H27F5N8O3S. The number of halogens is 5. The summed E-state index contributed by atoms with van der Waals surface area (Å²) in [6.07, 6.45) is 1.94. The van der Waals surface area contributed by atoms with Crippen LogP contribution in [0.5, 0.6) is 5.88 Å². The number of anilines is 3. The number of hydrogen-bond donors (Lipinski definition) is 3. The fraction of sp³-hybridized carbons (Fsp3) is 0.560. The average Bonchev–Trinajstić information content (AvgIpc) is 3.28. The largest absolute Gasteiger partial charge is 0.415 e. The Morgan fingerprint density at radius 1 is 1.29 bits per heavy atom. The highest BCUT2D eigenvalue weighted by molar-refractivity contribution is 7.17. The monoisotopic (exact) mass is 614 g/mol. The molecule has 3 aromatic heterocycles. The molecule has 2 saturated carbocycles. The number of aromatic nitrogens is 5. The van der Waals surface area contributed by atoms with Crippen molar-refractivity contribution in [3.05, 3.63) is 28.4 Å². The second kappa shape index (κ2) is 10.8. The minimum Gasteiger partial charge on any atom is -0.415 e. The van der Waals surface area contributed by atoms with E-state index in [0.29, 0.717) is 41.6 Å². The number of nitrogens with zero attached hydrogens (tertiary/aromatic N) is 5. The fourth-order valence-corrected chi connectivity index (χ4v) is 6.57. The second-order valence-electron chi connectivity index (χ2n) is 10.8. The van der Waals surface area contributed by atoms with Gasteiger partial charge in [0, 0.05) is 48.8 Å². The lowest BCUT2D eigenvalue weighted by atomic mass is 9.83. The first-order valence-corrected chi connectivity index (χ1v) is 14.2. The van der Waals surface area contributed by atoms with Gasteiger partial charge in [0.05, 0.1) is 5.56 Å². The summed E-state index contributed by atoms with van der Waals surface area (Å²) < 4.78 is 72.9. The molecule has 0 unspecified atom stereocenters. The minimum atomic E-state index is -3.03. The summed E-state index contributed by atoms with van der Waals surface area (Å²) in [4.78, 5) is 27.0. The van der Waals surface area contributed by atoms with Gasteiger partial charge in [0.15, 0.2) is 0 Å². The SMILES string of the molecule is Cn1nc(OC(F)F)cc1Nc1nncn1[C@H]1CCc2sc(NC(=O)[C@H]3C[C@H](F)C3)c(C(=O)NC[C@@H]3CC3(F)F)c2C1. The molecule has 3 aromatic rings. The van der Waals surface area contributed by atoms with Crippen LogP contribution in [0.2, 0.25) is 0 Å². The number of ether oxygens (including phenoxy) is 1. The van der Waals surface area contributed by atoms with Gasteiger partial charge in [-0.05, 0) is 37.7 Å². The van der Waals surface area contributed by atoms with Crippen LogP contribution in [0.25, 0.3) is 0 Å². The number of hydrogen-bond acceptors (Lipinski definition) is 8. The second-order valence-corrected chi connectivity index (χ2v) is 11.9. The molecule has 0 saturated heterocycles. The Labute approximate surface area is 239 Å². The molecule has 3 aliphatic carbocycles. The molecule has 2 amide bonds. The van der Waals surface area contributed by atoms with Gasteiger partial charge >= 0.3 is 6.61 Å². The zero-order valence-corrected chi connectivity index (χ0v) is 23.1. The molecule has 0 aromatic carbocycles. The molecular weight excluding hydrogens is 587 g/mol. The van der Waals surface area contributed by atoms with Crippen LogP contribution in [0.4, 0.5) is 38.7 Å². The van der Waals surface area contributed by atoms with Crippen LogP contribution in [0.1, 0.15) is 52.5 Å². The maximum Gasteiger partial charge on any atom is 0.388 e. The Balaban J connectivity index is 1.23. The van der Waals surface area contributed by atoms with Gasteiger partial charge in [0.1, 0.15) is 23.3 Å². The van der Waals surface area contributed by atoms with Crippen molar-refractivity contribution >= 4 is 39.9 Å². The van der Waals surface area contributed by atoms with Crippen LogP contribution >= 0.6 is 11.3 Å². The van der Waals surface area contributed by atoms with E-state index in [2.05, 4.69) is 36.0 Å².